The molecule has 4 nitrogen and oxygen atoms in total. The number of hydrogen-bond acceptors (Lipinski definition) is 2. The minimum atomic E-state index is 0.455. The highest BCUT2D eigenvalue weighted by molar-refractivity contribution is 6.02. The van der Waals surface area contributed by atoms with Crippen LogP contribution in [0, 0.1) is 0 Å². The third-order valence-corrected chi connectivity index (χ3v) is 5.90. The van der Waals surface area contributed by atoms with Crippen molar-refractivity contribution in [1.29, 1.82) is 0 Å². The van der Waals surface area contributed by atoms with E-state index in [2.05, 4.69) is 42.5 Å². The summed E-state index contributed by atoms with van der Waals surface area (Å²) >= 11 is 0. The number of aryl methyl sites for hydroxylation is 2. The SMILES string of the molecule is CN(C(N)=Nc1ccc2c3c(cccc13)CC2)c1ccc(OCc2ccccc2)cc1. The summed E-state index contributed by atoms with van der Waals surface area (Å²) in [4.78, 5) is 6.65. The van der Waals surface area contributed by atoms with Crippen molar-refractivity contribution in [3.8, 4) is 5.75 Å². The lowest BCUT2D eigenvalue weighted by atomic mass is 10.0. The summed E-state index contributed by atoms with van der Waals surface area (Å²) in [6.45, 7) is 0.546. The molecule has 0 fully saturated rings. The predicted molar refractivity (Wildman–Crippen MR) is 128 cm³/mol. The third-order valence-electron chi connectivity index (χ3n) is 5.90. The second-order valence-corrected chi connectivity index (χ2v) is 7.88. The van der Waals surface area contributed by atoms with Gasteiger partial charge in [0, 0.05) is 18.1 Å². The molecule has 0 unspecified atom stereocenters. The molecule has 0 heterocycles. The topological polar surface area (TPSA) is 50.8 Å². The van der Waals surface area contributed by atoms with Crippen molar-refractivity contribution in [2.45, 2.75) is 19.4 Å². The van der Waals surface area contributed by atoms with E-state index in [4.69, 9.17) is 15.5 Å². The van der Waals surface area contributed by atoms with Crippen molar-refractivity contribution in [3.63, 3.8) is 0 Å². The standard InChI is InChI=1S/C27H25N3O/c1-30(22-13-15-23(16-14-22)31-18-19-6-3-2-4-7-19)27(28)29-25-17-12-21-11-10-20-8-5-9-24(25)26(20)21/h2-9,12-17H,10-11,18H2,1H3,(H2,28,29). The van der Waals surface area contributed by atoms with Gasteiger partial charge in [-0.2, -0.15) is 0 Å². The van der Waals surface area contributed by atoms with Crippen LogP contribution in [0.1, 0.15) is 16.7 Å². The Bertz CT molecular complexity index is 1240. The molecule has 0 radical (unpaired) electrons. The quantitative estimate of drug-likeness (QED) is 0.346. The van der Waals surface area contributed by atoms with Crippen LogP contribution < -0.4 is 15.4 Å². The Balaban J connectivity index is 1.34. The lowest BCUT2D eigenvalue weighted by Gasteiger charge is -2.19. The van der Waals surface area contributed by atoms with Gasteiger partial charge in [-0.1, -0.05) is 54.6 Å². The van der Waals surface area contributed by atoms with Crippen molar-refractivity contribution >= 4 is 28.1 Å². The molecule has 0 saturated heterocycles. The first kappa shape index (κ1) is 19.2. The Morgan fingerprint density at radius 2 is 1.61 bits per heavy atom. The Labute approximate surface area is 182 Å². The van der Waals surface area contributed by atoms with Gasteiger partial charge in [0.25, 0.3) is 0 Å². The lowest BCUT2D eigenvalue weighted by molar-refractivity contribution is 0.306. The molecule has 4 aromatic rings. The van der Waals surface area contributed by atoms with Gasteiger partial charge in [-0.25, -0.2) is 4.99 Å². The zero-order valence-electron chi connectivity index (χ0n) is 17.6. The fourth-order valence-corrected chi connectivity index (χ4v) is 4.17. The van der Waals surface area contributed by atoms with E-state index in [0.717, 1.165) is 35.5 Å². The van der Waals surface area contributed by atoms with Crippen LogP contribution in [0.3, 0.4) is 0 Å². The second-order valence-electron chi connectivity index (χ2n) is 7.88. The number of nitrogens with zero attached hydrogens (tertiary/aromatic N) is 2. The molecule has 0 saturated carbocycles. The summed E-state index contributed by atoms with van der Waals surface area (Å²) < 4.78 is 5.88. The highest BCUT2D eigenvalue weighted by atomic mass is 16.5. The summed E-state index contributed by atoms with van der Waals surface area (Å²) in [5, 5.41) is 2.52. The number of rotatable bonds is 5. The number of anilines is 1. The van der Waals surface area contributed by atoms with Gasteiger partial charge in [-0.15, -0.1) is 0 Å². The summed E-state index contributed by atoms with van der Waals surface area (Å²) in [5.74, 6) is 1.28. The number of hydrogen-bond donors (Lipinski definition) is 1. The normalized spacial score (nSPS) is 12.9. The molecule has 1 aliphatic carbocycles. The average molecular weight is 408 g/mol. The Hall–Kier alpha value is -3.79. The Morgan fingerprint density at radius 1 is 0.871 bits per heavy atom. The van der Waals surface area contributed by atoms with Crippen molar-refractivity contribution in [3.05, 3.63) is 102 Å². The maximum atomic E-state index is 6.38. The zero-order valence-corrected chi connectivity index (χ0v) is 17.6. The Morgan fingerprint density at radius 3 is 2.39 bits per heavy atom. The summed E-state index contributed by atoms with van der Waals surface area (Å²) in [6, 6.07) is 28.8. The number of guanidine groups is 1. The molecule has 0 atom stereocenters. The van der Waals surface area contributed by atoms with E-state index in [0.29, 0.717) is 12.6 Å². The van der Waals surface area contributed by atoms with E-state index in [1.54, 1.807) is 0 Å². The van der Waals surface area contributed by atoms with Crippen LogP contribution in [-0.4, -0.2) is 13.0 Å². The molecular weight excluding hydrogens is 382 g/mol. The fraction of sp³-hybridized carbons (Fsp3) is 0.148. The maximum Gasteiger partial charge on any atom is 0.200 e. The van der Waals surface area contributed by atoms with Crippen LogP contribution >= 0.6 is 0 Å². The van der Waals surface area contributed by atoms with Crippen LogP contribution in [-0.2, 0) is 19.4 Å². The number of ether oxygens (including phenoxy) is 1. The first-order chi connectivity index (χ1) is 15.2. The van der Waals surface area contributed by atoms with Gasteiger partial charge < -0.3 is 15.4 Å². The average Bonchev–Trinajstić information content (AvgIpc) is 3.24. The number of nitrogens with two attached hydrogens (primary N) is 1. The minimum absolute atomic E-state index is 0.455. The second kappa shape index (κ2) is 8.15. The van der Waals surface area contributed by atoms with Gasteiger partial charge in [-0.3, -0.25) is 0 Å². The molecular formula is C27H25N3O. The smallest absolute Gasteiger partial charge is 0.200 e. The minimum Gasteiger partial charge on any atom is -0.489 e. The van der Waals surface area contributed by atoms with Gasteiger partial charge >= 0.3 is 0 Å². The van der Waals surface area contributed by atoms with Crippen molar-refractivity contribution in [2.24, 2.45) is 10.7 Å². The summed E-state index contributed by atoms with van der Waals surface area (Å²) in [5.41, 5.74) is 12.2. The molecule has 0 amide bonds. The molecule has 0 aliphatic heterocycles. The molecule has 0 aromatic heterocycles. The summed E-state index contributed by atoms with van der Waals surface area (Å²) in [7, 11) is 1.93. The van der Waals surface area contributed by atoms with Gasteiger partial charge in [0.2, 0.25) is 5.96 Å². The first-order valence-corrected chi connectivity index (χ1v) is 10.6. The lowest BCUT2D eigenvalue weighted by Crippen LogP contribution is -2.33. The maximum absolute atomic E-state index is 6.38. The molecule has 0 bridgehead atoms. The van der Waals surface area contributed by atoms with Crippen LogP contribution in [0.4, 0.5) is 11.4 Å². The van der Waals surface area contributed by atoms with E-state index in [1.165, 1.54) is 21.9 Å². The predicted octanol–water partition coefficient (Wildman–Crippen LogP) is 5.60. The van der Waals surface area contributed by atoms with Gasteiger partial charge in [0.1, 0.15) is 12.4 Å². The molecule has 5 rings (SSSR count). The molecule has 4 heteroatoms. The Kier molecular flexibility index (Phi) is 5.04. The van der Waals surface area contributed by atoms with Crippen LogP contribution in [0.25, 0.3) is 10.8 Å². The van der Waals surface area contributed by atoms with Gasteiger partial charge in [0.05, 0.1) is 5.69 Å². The van der Waals surface area contributed by atoms with E-state index in [9.17, 15) is 0 Å². The monoisotopic (exact) mass is 407 g/mol. The third kappa shape index (κ3) is 3.84. The molecule has 1 aliphatic rings. The molecule has 0 spiro atoms. The van der Waals surface area contributed by atoms with E-state index >= 15 is 0 Å². The molecule has 4 aromatic carbocycles. The highest BCUT2D eigenvalue weighted by Gasteiger charge is 2.16. The van der Waals surface area contributed by atoms with Crippen LogP contribution in [0.2, 0.25) is 0 Å². The van der Waals surface area contributed by atoms with E-state index in [-0.39, 0.29) is 0 Å². The largest absolute Gasteiger partial charge is 0.489 e. The van der Waals surface area contributed by atoms with Crippen molar-refractivity contribution in [1.82, 2.24) is 0 Å². The zero-order chi connectivity index (χ0) is 21.2. The fourth-order valence-electron chi connectivity index (χ4n) is 4.17. The first-order valence-electron chi connectivity index (χ1n) is 10.6. The summed E-state index contributed by atoms with van der Waals surface area (Å²) in [6.07, 6.45) is 2.21. The molecule has 154 valence electrons. The van der Waals surface area contributed by atoms with E-state index < -0.39 is 0 Å². The number of benzene rings is 4. The van der Waals surface area contributed by atoms with Gasteiger partial charge in [0.15, 0.2) is 0 Å². The van der Waals surface area contributed by atoms with Crippen molar-refractivity contribution < 1.29 is 4.74 Å². The van der Waals surface area contributed by atoms with Crippen LogP contribution in [0.15, 0.2) is 89.9 Å². The van der Waals surface area contributed by atoms with Gasteiger partial charge in [-0.05, 0) is 65.3 Å². The number of aliphatic imine (C=N–C) groups is 1. The highest BCUT2D eigenvalue weighted by Crippen LogP contribution is 2.36. The van der Waals surface area contributed by atoms with Crippen molar-refractivity contribution in [2.75, 3.05) is 11.9 Å². The van der Waals surface area contributed by atoms with Crippen LogP contribution in [0.5, 0.6) is 5.75 Å². The molecule has 31 heavy (non-hydrogen) atoms. The molecule has 2 N–H and O–H groups in total. The van der Waals surface area contributed by atoms with E-state index in [1.807, 2.05) is 54.4 Å².